The molecule has 3 rings (SSSR count). The fourth-order valence-electron chi connectivity index (χ4n) is 3.68. The number of amides is 3. The van der Waals surface area contributed by atoms with E-state index < -0.39 is 0 Å². The van der Waals surface area contributed by atoms with Gasteiger partial charge in [-0.05, 0) is 67.5 Å². The van der Waals surface area contributed by atoms with Crippen LogP contribution in [-0.4, -0.2) is 30.6 Å². The summed E-state index contributed by atoms with van der Waals surface area (Å²) in [5.74, 6) is 1.16. The van der Waals surface area contributed by atoms with Crippen LogP contribution in [-0.2, 0) is 9.59 Å². The number of ether oxygens (including phenoxy) is 1. The second-order valence-electron chi connectivity index (χ2n) is 8.56. The second kappa shape index (κ2) is 19.6. The van der Waals surface area contributed by atoms with Crippen LogP contribution in [0.2, 0.25) is 0 Å². The predicted molar refractivity (Wildman–Crippen MR) is 151 cm³/mol. The fraction of sp³-hybridized carbons (Fsp3) is 0.483. The Morgan fingerprint density at radius 2 is 1.65 bits per heavy atom. The molecular weight excluding hydrogens is 470 g/mol. The third-order valence-corrected chi connectivity index (χ3v) is 5.95. The van der Waals surface area contributed by atoms with E-state index in [4.69, 9.17) is 20.4 Å². The van der Waals surface area contributed by atoms with Gasteiger partial charge in [0.25, 0.3) is 6.47 Å². The lowest BCUT2D eigenvalue weighted by Crippen LogP contribution is -2.20. The largest absolute Gasteiger partial charge is 0.495 e. The van der Waals surface area contributed by atoms with Gasteiger partial charge in [0.15, 0.2) is 0 Å². The number of benzene rings is 2. The van der Waals surface area contributed by atoms with E-state index in [0.717, 1.165) is 17.7 Å². The molecule has 1 fully saturated rings. The quantitative estimate of drug-likeness (QED) is 0.309. The molecule has 1 saturated carbocycles. The summed E-state index contributed by atoms with van der Waals surface area (Å²) in [5, 5.41) is 12.6. The van der Waals surface area contributed by atoms with E-state index in [0.29, 0.717) is 17.4 Å². The number of nitrogens with two attached hydrogens (primary N) is 1. The second-order valence-corrected chi connectivity index (χ2v) is 8.56. The minimum atomic E-state index is -0.269. The molecule has 2 aromatic carbocycles. The molecule has 0 saturated heterocycles. The van der Waals surface area contributed by atoms with Crippen LogP contribution >= 0.6 is 0 Å². The number of rotatable bonds is 6. The van der Waals surface area contributed by atoms with Crippen molar-refractivity contribution in [1.29, 1.82) is 0 Å². The van der Waals surface area contributed by atoms with Crippen molar-refractivity contribution in [2.75, 3.05) is 17.7 Å². The van der Waals surface area contributed by atoms with Crippen molar-refractivity contribution in [2.24, 2.45) is 11.7 Å². The molecule has 1 aliphatic carbocycles. The highest BCUT2D eigenvalue weighted by Crippen LogP contribution is 2.33. The van der Waals surface area contributed by atoms with Crippen molar-refractivity contribution in [3.05, 3.63) is 53.6 Å². The van der Waals surface area contributed by atoms with Gasteiger partial charge in [0, 0.05) is 11.6 Å². The van der Waals surface area contributed by atoms with E-state index in [2.05, 4.69) is 22.8 Å². The molecule has 0 radical (unpaired) electrons. The molecule has 0 unspecified atom stereocenters. The molecule has 1 aliphatic rings. The van der Waals surface area contributed by atoms with E-state index in [-0.39, 0.29) is 24.3 Å². The van der Waals surface area contributed by atoms with Gasteiger partial charge in [-0.1, -0.05) is 65.2 Å². The SMILES string of the molecule is CC.CC[C@H](C)C(N)=O.COc1ccc(C)cc1NC(=O)Nc1ccc(C2CCCCC2)cc1.O=CO. The average molecular weight is 516 g/mol. The Kier molecular flexibility index (Phi) is 17.7. The van der Waals surface area contributed by atoms with E-state index >= 15 is 0 Å². The Hall–Kier alpha value is -3.55. The van der Waals surface area contributed by atoms with Crippen LogP contribution < -0.4 is 21.1 Å². The lowest BCUT2D eigenvalue weighted by Gasteiger charge is -2.22. The van der Waals surface area contributed by atoms with Crippen molar-refractivity contribution < 1.29 is 24.2 Å². The smallest absolute Gasteiger partial charge is 0.323 e. The monoisotopic (exact) mass is 515 g/mol. The van der Waals surface area contributed by atoms with Gasteiger partial charge in [0.1, 0.15) is 5.75 Å². The Bertz CT molecular complexity index is 926. The first-order valence-corrected chi connectivity index (χ1v) is 12.9. The highest BCUT2D eigenvalue weighted by molar-refractivity contribution is 6.00. The summed E-state index contributed by atoms with van der Waals surface area (Å²) in [7, 11) is 1.59. The highest BCUT2D eigenvalue weighted by atomic mass is 16.5. The standard InChI is InChI=1S/C21H26N2O2.C5H11NO.C2H6.CH2O2/c1-15-8-13-20(25-2)19(14-15)23-21(24)22-18-11-9-17(10-12-18)16-6-4-3-5-7-16;1-3-4(2)5(6)7;1-2;2-1-3/h8-14,16H,3-7H2,1-2H3,(H2,22,23,24);4H,3H2,1-2H3,(H2,6,7);1-2H3;1H,(H,2,3)/t;4-;;/m.0../s1. The van der Waals surface area contributed by atoms with Crippen molar-refractivity contribution in [3.63, 3.8) is 0 Å². The molecule has 0 bridgehead atoms. The first-order chi connectivity index (χ1) is 17.7. The number of hydrogen-bond donors (Lipinski definition) is 4. The summed E-state index contributed by atoms with van der Waals surface area (Å²) in [6, 6.07) is 13.7. The minimum absolute atomic E-state index is 0.0417. The molecule has 0 heterocycles. The van der Waals surface area contributed by atoms with E-state index in [1.165, 1.54) is 37.7 Å². The van der Waals surface area contributed by atoms with E-state index in [1.54, 1.807) is 7.11 Å². The molecule has 0 aromatic heterocycles. The lowest BCUT2D eigenvalue weighted by molar-refractivity contribution is -0.123. The van der Waals surface area contributed by atoms with Gasteiger partial charge in [-0.15, -0.1) is 0 Å². The summed E-state index contributed by atoms with van der Waals surface area (Å²) >= 11 is 0. The molecule has 2 aromatic rings. The lowest BCUT2D eigenvalue weighted by atomic mass is 9.84. The number of urea groups is 1. The van der Waals surface area contributed by atoms with Crippen LogP contribution in [0.3, 0.4) is 0 Å². The number of methoxy groups -OCH3 is 1. The van der Waals surface area contributed by atoms with Gasteiger partial charge in [-0.3, -0.25) is 9.59 Å². The molecule has 5 N–H and O–H groups in total. The van der Waals surface area contributed by atoms with Gasteiger partial charge in [0.05, 0.1) is 12.8 Å². The normalized spacial score (nSPS) is 13.0. The van der Waals surface area contributed by atoms with Gasteiger partial charge >= 0.3 is 6.03 Å². The van der Waals surface area contributed by atoms with Crippen LogP contribution in [0.15, 0.2) is 42.5 Å². The molecule has 0 spiro atoms. The maximum Gasteiger partial charge on any atom is 0.323 e. The van der Waals surface area contributed by atoms with E-state index in [1.807, 2.05) is 65.0 Å². The maximum atomic E-state index is 12.3. The van der Waals surface area contributed by atoms with Crippen LogP contribution in [0.4, 0.5) is 16.2 Å². The van der Waals surface area contributed by atoms with E-state index in [9.17, 15) is 9.59 Å². The number of hydrogen-bond acceptors (Lipinski definition) is 4. The molecule has 3 amide bonds. The number of carbonyl (C=O) groups is 3. The Labute approximate surface area is 222 Å². The number of carboxylic acid groups (broad SMARTS) is 1. The van der Waals surface area contributed by atoms with Crippen molar-refractivity contribution >= 4 is 29.8 Å². The molecular formula is C29H45N3O5. The topological polar surface area (TPSA) is 131 Å². The molecule has 8 nitrogen and oxygen atoms in total. The summed E-state index contributed by atoms with van der Waals surface area (Å²) < 4.78 is 5.29. The number of aryl methyl sites for hydroxylation is 1. The molecule has 0 aliphatic heterocycles. The number of primary amides is 1. The van der Waals surface area contributed by atoms with Crippen LogP contribution in [0, 0.1) is 12.8 Å². The van der Waals surface area contributed by atoms with Crippen molar-refractivity contribution in [1.82, 2.24) is 0 Å². The Morgan fingerprint density at radius 1 is 1.08 bits per heavy atom. The summed E-state index contributed by atoms with van der Waals surface area (Å²) in [4.78, 5) is 30.8. The number of carbonyl (C=O) groups excluding carboxylic acids is 2. The Balaban J connectivity index is 0.000000913. The van der Waals surface area contributed by atoms with Crippen LogP contribution in [0.1, 0.15) is 83.3 Å². The Morgan fingerprint density at radius 3 is 2.11 bits per heavy atom. The first-order valence-electron chi connectivity index (χ1n) is 12.9. The van der Waals surface area contributed by atoms with Crippen LogP contribution in [0.5, 0.6) is 5.75 Å². The summed E-state index contributed by atoms with van der Waals surface area (Å²) in [6.07, 6.45) is 7.41. The molecule has 8 heteroatoms. The third-order valence-electron chi connectivity index (χ3n) is 5.95. The highest BCUT2D eigenvalue weighted by Gasteiger charge is 2.15. The van der Waals surface area contributed by atoms with Crippen molar-refractivity contribution in [3.8, 4) is 5.75 Å². The zero-order chi connectivity index (χ0) is 28.2. The van der Waals surface area contributed by atoms with Gasteiger partial charge in [-0.2, -0.15) is 0 Å². The molecule has 1 atom stereocenters. The minimum Gasteiger partial charge on any atom is -0.495 e. The van der Waals surface area contributed by atoms with Crippen molar-refractivity contribution in [2.45, 2.75) is 79.1 Å². The van der Waals surface area contributed by atoms with Crippen LogP contribution in [0.25, 0.3) is 0 Å². The zero-order valence-corrected chi connectivity index (χ0v) is 23.2. The van der Waals surface area contributed by atoms with Gasteiger partial charge < -0.3 is 26.2 Å². The zero-order valence-electron chi connectivity index (χ0n) is 23.2. The first kappa shape index (κ1) is 33.4. The summed E-state index contributed by atoms with van der Waals surface area (Å²) in [5.41, 5.74) is 8.81. The number of nitrogens with one attached hydrogen (secondary N) is 2. The fourth-order valence-corrected chi connectivity index (χ4v) is 3.68. The maximum absolute atomic E-state index is 12.3. The third kappa shape index (κ3) is 13.4. The average Bonchev–Trinajstić information content (AvgIpc) is 2.91. The molecule has 37 heavy (non-hydrogen) atoms. The van der Waals surface area contributed by atoms with Gasteiger partial charge in [0.2, 0.25) is 5.91 Å². The number of anilines is 2. The van der Waals surface area contributed by atoms with Gasteiger partial charge in [-0.25, -0.2) is 4.79 Å². The predicted octanol–water partition coefficient (Wildman–Crippen LogP) is 6.94. The summed E-state index contributed by atoms with van der Waals surface area (Å²) in [6.45, 7) is 9.49. The molecule has 206 valence electrons.